The molecule has 0 unspecified atom stereocenters. The van der Waals surface area contributed by atoms with E-state index in [1.165, 1.54) is 11.7 Å². The van der Waals surface area contributed by atoms with Gasteiger partial charge in [0.15, 0.2) is 0 Å². The van der Waals surface area contributed by atoms with Crippen LogP contribution in [0.1, 0.15) is 12.0 Å². The van der Waals surface area contributed by atoms with Gasteiger partial charge >= 0.3 is 5.69 Å². The summed E-state index contributed by atoms with van der Waals surface area (Å²) in [4.78, 5) is 42.4. The first-order chi connectivity index (χ1) is 12.6. The van der Waals surface area contributed by atoms with Crippen molar-refractivity contribution in [2.24, 2.45) is 0 Å². The van der Waals surface area contributed by atoms with Crippen LogP contribution >= 0.6 is 0 Å². The van der Waals surface area contributed by atoms with E-state index in [2.05, 4.69) is 15.3 Å². The molecule has 1 amide bonds. The lowest BCUT2D eigenvalue weighted by Crippen LogP contribution is -2.32. The Kier molecular flexibility index (Phi) is 5.12. The minimum Gasteiger partial charge on any atom is -0.481 e. The zero-order chi connectivity index (χ0) is 18.5. The van der Waals surface area contributed by atoms with Gasteiger partial charge in [0.1, 0.15) is 0 Å². The molecule has 0 aliphatic heterocycles. The van der Waals surface area contributed by atoms with Crippen LogP contribution in [0.3, 0.4) is 0 Å². The van der Waals surface area contributed by atoms with Gasteiger partial charge in [0, 0.05) is 31.3 Å². The molecule has 0 saturated carbocycles. The molecule has 3 aromatic rings. The molecular formula is C18H18N4O4. The van der Waals surface area contributed by atoms with Gasteiger partial charge in [-0.3, -0.25) is 19.1 Å². The first-order valence-corrected chi connectivity index (χ1v) is 8.06. The van der Waals surface area contributed by atoms with Crippen LogP contribution in [0.4, 0.5) is 0 Å². The number of aromatic nitrogens is 3. The Morgan fingerprint density at radius 1 is 1.23 bits per heavy atom. The molecule has 0 atom stereocenters. The Hall–Kier alpha value is -3.42. The molecule has 0 aliphatic carbocycles. The number of nitrogens with zero attached hydrogens (tertiary/aromatic N) is 2. The summed E-state index contributed by atoms with van der Waals surface area (Å²) in [6.45, 7) is 0.434. The molecular weight excluding hydrogens is 336 g/mol. The number of H-pyrrole nitrogens is 1. The van der Waals surface area contributed by atoms with Crippen LogP contribution in [0.25, 0.3) is 10.9 Å². The molecule has 2 N–H and O–H groups in total. The van der Waals surface area contributed by atoms with Gasteiger partial charge in [-0.05, 0) is 18.2 Å². The summed E-state index contributed by atoms with van der Waals surface area (Å²) in [7, 11) is 1.52. The van der Waals surface area contributed by atoms with E-state index in [0.717, 1.165) is 5.56 Å². The number of para-hydroxylation sites is 1. The summed E-state index contributed by atoms with van der Waals surface area (Å²) in [6.07, 6.45) is 1.70. The molecule has 8 heteroatoms. The first-order valence-electron chi connectivity index (χ1n) is 8.06. The number of methoxy groups -OCH3 is 1. The van der Waals surface area contributed by atoms with Crippen LogP contribution in [-0.4, -0.2) is 27.6 Å². The average molecular weight is 354 g/mol. The van der Waals surface area contributed by atoms with Gasteiger partial charge in [-0.1, -0.05) is 18.2 Å². The van der Waals surface area contributed by atoms with Crippen LogP contribution in [0.15, 0.2) is 52.2 Å². The maximum Gasteiger partial charge on any atom is 0.328 e. The lowest BCUT2D eigenvalue weighted by atomic mass is 10.2. The Morgan fingerprint density at radius 2 is 2.04 bits per heavy atom. The number of carbonyl (C=O) groups is 1. The summed E-state index contributed by atoms with van der Waals surface area (Å²) in [5.74, 6) is 0.230. The predicted octanol–water partition coefficient (Wildman–Crippen LogP) is 0.800. The van der Waals surface area contributed by atoms with E-state index >= 15 is 0 Å². The number of rotatable bonds is 6. The summed E-state index contributed by atoms with van der Waals surface area (Å²) >= 11 is 0. The van der Waals surface area contributed by atoms with Gasteiger partial charge in [-0.2, -0.15) is 0 Å². The topological polar surface area (TPSA) is 106 Å². The van der Waals surface area contributed by atoms with Crippen molar-refractivity contribution in [3.05, 3.63) is 69.0 Å². The third-order valence-corrected chi connectivity index (χ3v) is 3.99. The third-order valence-electron chi connectivity index (χ3n) is 3.99. The molecule has 134 valence electrons. The van der Waals surface area contributed by atoms with Crippen LogP contribution in [0.5, 0.6) is 5.88 Å². The maximum absolute atomic E-state index is 12.1. The Morgan fingerprint density at radius 3 is 2.85 bits per heavy atom. The molecule has 2 aromatic heterocycles. The van der Waals surface area contributed by atoms with Gasteiger partial charge in [-0.15, -0.1) is 0 Å². The number of pyridine rings is 1. The van der Waals surface area contributed by atoms with E-state index in [9.17, 15) is 14.4 Å². The Labute approximate surface area is 148 Å². The molecule has 0 aliphatic rings. The molecule has 0 radical (unpaired) electrons. The second-order valence-electron chi connectivity index (χ2n) is 5.63. The average Bonchev–Trinajstić information content (AvgIpc) is 2.66. The third kappa shape index (κ3) is 3.64. The number of hydrogen-bond acceptors (Lipinski definition) is 5. The van der Waals surface area contributed by atoms with Crippen molar-refractivity contribution < 1.29 is 9.53 Å². The van der Waals surface area contributed by atoms with Gasteiger partial charge in [-0.25, -0.2) is 9.78 Å². The number of amides is 1. The van der Waals surface area contributed by atoms with E-state index in [4.69, 9.17) is 4.74 Å². The lowest BCUT2D eigenvalue weighted by molar-refractivity contribution is -0.121. The van der Waals surface area contributed by atoms with Crippen LogP contribution in [0, 0.1) is 0 Å². The SMILES string of the molecule is COc1ncccc1CNC(=O)CCn1c(=O)[nH]c(=O)c2ccccc21. The summed E-state index contributed by atoms with van der Waals surface area (Å²) in [5.41, 5.74) is 0.295. The van der Waals surface area contributed by atoms with Crippen LogP contribution in [0.2, 0.25) is 0 Å². The standard InChI is InChI=1S/C18H18N4O4/c1-26-17-12(5-4-9-19-17)11-20-15(23)8-10-22-14-7-3-2-6-13(14)16(24)21-18(22)25/h2-7,9H,8,10-11H2,1H3,(H,20,23)(H,21,24,25). The largest absolute Gasteiger partial charge is 0.481 e. The molecule has 0 spiro atoms. The summed E-state index contributed by atoms with van der Waals surface area (Å²) in [6, 6.07) is 10.4. The highest BCUT2D eigenvalue weighted by atomic mass is 16.5. The van der Waals surface area contributed by atoms with E-state index in [-0.39, 0.29) is 25.4 Å². The Bertz CT molecular complexity index is 1050. The van der Waals surface area contributed by atoms with Crippen molar-refractivity contribution in [1.29, 1.82) is 0 Å². The fraction of sp³-hybridized carbons (Fsp3) is 0.222. The normalized spacial score (nSPS) is 10.7. The predicted molar refractivity (Wildman–Crippen MR) is 96.1 cm³/mol. The van der Waals surface area contributed by atoms with Crippen molar-refractivity contribution in [2.45, 2.75) is 19.5 Å². The highest BCUT2D eigenvalue weighted by molar-refractivity contribution is 5.78. The number of hydrogen-bond donors (Lipinski definition) is 2. The zero-order valence-electron chi connectivity index (χ0n) is 14.2. The number of aromatic amines is 1. The van der Waals surface area contributed by atoms with Crippen LogP contribution < -0.4 is 21.3 Å². The van der Waals surface area contributed by atoms with Gasteiger partial charge in [0.25, 0.3) is 5.56 Å². The molecule has 8 nitrogen and oxygen atoms in total. The van der Waals surface area contributed by atoms with Gasteiger partial charge in [0.2, 0.25) is 11.8 Å². The Balaban J connectivity index is 1.70. The maximum atomic E-state index is 12.1. The highest BCUT2D eigenvalue weighted by Crippen LogP contribution is 2.13. The van der Waals surface area contributed by atoms with Crippen LogP contribution in [-0.2, 0) is 17.9 Å². The fourth-order valence-electron chi connectivity index (χ4n) is 2.70. The number of aryl methyl sites for hydroxylation is 1. The molecule has 1 aromatic carbocycles. The second-order valence-corrected chi connectivity index (χ2v) is 5.63. The quantitative estimate of drug-likeness (QED) is 0.681. The summed E-state index contributed by atoms with van der Waals surface area (Å²) < 4.78 is 6.53. The molecule has 26 heavy (non-hydrogen) atoms. The number of carbonyl (C=O) groups excluding carboxylic acids is 1. The molecule has 0 fully saturated rings. The van der Waals surface area contributed by atoms with Crippen molar-refractivity contribution in [3.63, 3.8) is 0 Å². The monoisotopic (exact) mass is 354 g/mol. The molecule has 0 bridgehead atoms. The van der Waals surface area contributed by atoms with Gasteiger partial charge < -0.3 is 10.1 Å². The van der Waals surface area contributed by atoms with Crippen molar-refractivity contribution in [3.8, 4) is 5.88 Å². The highest BCUT2D eigenvalue weighted by Gasteiger charge is 2.10. The van der Waals surface area contributed by atoms with Crippen molar-refractivity contribution >= 4 is 16.8 Å². The van der Waals surface area contributed by atoms with E-state index in [0.29, 0.717) is 16.8 Å². The number of benzene rings is 1. The zero-order valence-corrected chi connectivity index (χ0v) is 14.2. The first kappa shape index (κ1) is 17.4. The number of nitrogens with one attached hydrogen (secondary N) is 2. The van der Waals surface area contributed by atoms with E-state index < -0.39 is 11.2 Å². The van der Waals surface area contributed by atoms with E-state index in [1.807, 2.05) is 6.07 Å². The van der Waals surface area contributed by atoms with Crippen molar-refractivity contribution in [1.82, 2.24) is 19.9 Å². The molecule has 0 saturated heterocycles. The number of ether oxygens (including phenoxy) is 1. The van der Waals surface area contributed by atoms with Crippen molar-refractivity contribution in [2.75, 3.05) is 7.11 Å². The van der Waals surface area contributed by atoms with Gasteiger partial charge in [0.05, 0.1) is 18.0 Å². The fourth-order valence-corrected chi connectivity index (χ4v) is 2.70. The molecule has 3 rings (SSSR count). The minimum absolute atomic E-state index is 0.0958. The second kappa shape index (κ2) is 7.64. The lowest BCUT2D eigenvalue weighted by Gasteiger charge is -2.10. The molecule has 2 heterocycles. The summed E-state index contributed by atoms with van der Waals surface area (Å²) in [5, 5.41) is 3.19. The number of fused-ring (bicyclic) bond motifs is 1. The smallest absolute Gasteiger partial charge is 0.328 e. The van der Waals surface area contributed by atoms with E-state index in [1.54, 1.807) is 36.5 Å². The minimum atomic E-state index is -0.532.